The molecule has 4 aromatic carbocycles. The Kier molecular flexibility index (Phi) is 5.64. The fraction of sp³-hybridized carbons (Fsp3) is 0.0323. The van der Waals surface area contributed by atoms with Crippen LogP contribution in [0.4, 0.5) is 0 Å². The highest BCUT2D eigenvalue weighted by molar-refractivity contribution is 5.91. The standard InChI is InChI=1S/C31H23N3O2/c1-35-25-19-17-22(18-20-25)27-21-34-30(32-31(27)36-26-15-9-4-10-16-26)28(23-11-5-2-6-12-23)29(33-34)24-13-7-3-8-14-24/h2-21H,1H3. The monoisotopic (exact) mass is 469 g/mol. The average molecular weight is 470 g/mol. The third-order valence-corrected chi connectivity index (χ3v) is 6.04. The maximum Gasteiger partial charge on any atom is 0.230 e. The zero-order chi connectivity index (χ0) is 24.3. The van der Waals surface area contributed by atoms with Crippen molar-refractivity contribution in [3.63, 3.8) is 0 Å². The minimum atomic E-state index is 0.510. The topological polar surface area (TPSA) is 48.7 Å². The second-order valence-corrected chi connectivity index (χ2v) is 8.33. The molecule has 0 aliphatic rings. The smallest absolute Gasteiger partial charge is 0.230 e. The Morgan fingerprint density at radius 3 is 1.86 bits per heavy atom. The number of fused-ring (bicyclic) bond motifs is 1. The van der Waals surface area contributed by atoms with Crippen LogP contribution in [0.25, 0.3) is 39.2 Å². The van der Waals surface area contributed by atoms with Gasteiger partial charge in [0.1, 0.15) is 17.2 Å². The van der Waals surface area contributed by atoms with Crippen LogP contribution in [0.3, 0.4) is 0 Å². The van der Waals surface area contributed by atoms with Crippen molar-refractivity contribution in [1.29, 1.82) is 0 Å². The molecule has 0 saturated heterocycles. The van der Waals surface area contributed by atoms with Crippen molar-refractivity contribution in [3.05, 3.63) is 121 Å². The van der Waals surface area contributed by atoms with Gasteiger partial charge in [0.05, 0.1) is 18.2 Å². The number of hydrogen-bond donors (Lipinski definition) is 0. The van der Waals surface area contributed by atoms with Gasteiger partial charge < -0.3 is 9.47 Å². The number of hydrogen-bond acceptors (Lipinski definition) is 4. The molecule has 0 aliphatic heterocycles. The summed E-state index contributed by atoms with van der Waals surface area (Å²) in [7, 11) is 1.66. The van der Waals surface area contributed by atoms with Crippen LogP contribution in [-0.2, 0) is 0 Å². The third kappa shape index (κ3) is 4.07. The maximum atomic E-state index is 6.35. The van der Waals surface area contributed by atoms with Crippen LogP contribution in [0, 0.1) is 0 Å². The van der Waals surface area contributed by atoms with Crippen LogP contribution in [0.15, 0.2) is 121 Å². The Morgan fingerprint density at radius 2 is 1.22 bits per heavy atom. The summed E-state index contributed by atoms with van der Waals surface area (Å²) >= 11 is 0. The van der Waals surface area contributed by atoms with E-state index in [0.717, 1.165) is 44.9 Å². The first-order valence-electron chi connectivity index (χ1n) is 11.7. The van der Waals surface area contributed by atoms with Crippen molar-refractivity contribution in [2.24, 2.45) is 0 Å². The van der Waals surface area contributed by atoms with Crippen molar-refractivity contribution in [3.8, 4) is 50.9 Å². The zero-order valence-electron chi connectivity index (χ0n) is 19.7. The van der Waals surface area contributed by atoms with Crippen LogP contribution in [0.1, 0.15) is 0 Å². The molecule has 0 radical (unpaired) electrons. The second-order valence-electron chi connectivity index (χ2n) is 8.33. The van der Waals surface area contributed by atoms with E-state index in [4.69, 9.17) is 19.6 Å². The highest BCUT2D eigenvalue weighted by atomic mass is 16.5. The molecule has 174 valence electrons. The quantitative estimate of drug-likeness (QED) is 0.253. The second kappa shape index (κ2) is 9.39. The van der Waals surface area contributed by atoms with Gasteiger partial charge in [0.25, 0.3) is 0 Å². The Balaban J connectivity index is 1.62. The molecule has 0 N–H and O–H groups in total. The van der Waals surface area contributed by atoms with Gasteiger partial charge in [-0.05, 0) is 35.4 Å². The summed E-state index contributed by atoms with van der Waals surface area (Å²) in [6, 6.07) is 38.0. The van der Waals surface area contributed by atoms with E-state index >= 15 is 0 Å². The number of rotatable bonds is 6. The minimum Gasteiger partial charge on any atom is -0.497 e. The summed E-state index contributed by atoms with van der Waals surface area (Å²) < 4.78 is 13.6. The molecule has 2 aromatic heterocycles. The van der Waals surface area contributed by atoms with E-state index in [1.54, 1.807) is 7.11 Å². The molecule has 0 fully saturated rings. The molecule has 0 saturated carbocycles. The van der Waals surface area contributed by atoms with E-state index in [2.05, 4.69) is 24.3 Å². The van der Waals surface area contributed by atoms with Gasteiger partial charge in [0.15, 0.2) is 5.65 Å². The van der Waals surface area contributed by atoms with E-state index in [0.29, 0.717) is 11.6 Å². The lowest BCUT2D eigenvalue weighted by molar-refractivity contribution is 0.415. The SMILES string of the molecule is COc1ccc(-c2cn3nc(-c4ccccc4)c(-c4ccccc4)c3nc2Oc2ccccc2)cc1. The highest BCUT2D eigenvalue weighted by Gasteiger charge is 2.21. The van der Waals surface area contributed by atoms with Crippen LogP contribution in [0.5, 0.6) is 17.4 Å². The number of benzene rings is 4. The first kappa shape index (κ1) is 21.6. The van der Waals surface area contributed by atoms with E-state index < -0.39 is 0 Å². The van der Waals surface area contributed by atoms with Crippen molar-refractivity contribution in [1.82, 2.24) is 14.6 Å². The Hall–Kier alpha value is -4.90. The molecule has 0 spiro atoms. The molecule has 0 atom stereocenters. The lowest BCUT2D eigenvalue weighted by Crippen LogP contribution is -1.98. The van der Waals surface area contributed by atoms with Crippen molar-refractivity contribution in [2.45, 2.75) is 0 Å². The van der Waals surface area contributed by atoms with Gasteiger partial charge in [0.2, 0.25) is 5.88 Å². The molecule has 6 rings (SSSR count). The molecule has 2 heterocycles. The Morgan fingerprint density at radius 1 is 0.611 bits per heavy atom. The van der Waals surface area contributed by atoms with E-state index in [1.165, 1.54) is 0 Å². The van der Waals surface area contributed by atoms with Gasteiger partial charge in [-0.2, -0.15) is 10.1 Å². The van der Waals surface area contributed by atoms with Crippen LogP contribution < -0.4 is 9.47 Å². The number of aromatic nitrogens is 3. The summed E-state index contributed by atoms with van der Waals surface area (Å²) in [6.45, 7) is 0. The molecule has 6 aromatic rings. The fourth-order valence-corrected chi connectivity index (χ4v) is 4.27. The molecular formula is C31H23N3O2. The molecule has 0 aliphatic carbocycles. The minimum absolute atomic E-state index is 0.510. The molecule has 36 heavy (non-hydrogen) atoms. The van der Waals surface area contributed by atoms with Crippen molar-refractivity contribution < 1.29 is 9.47 Å². The first-order chi connectivity index (χ1) is 17.8. The Labute approximate surface area is 209 Å². The third-order valence-electron chi connectivity index (χ3n) is 6.04. The Bertz CT molecular complexity index is 1610. The van der Waals surface area contributed by atoms with Crippen LogP contribution in [-0.4, -0.2) is 21.7 Å². The van der Waals surface area contributed by atoms with E-state index in [9.17, 15) is 0 Å². The number of para-hydroxylation sites is 1. The van der Waals surface area contributed by atoms with Crippen LogP contribution in [0.2, 0.25) is 0 Å². The lowest BCUT2D eigenvalue weighted by atomic mass is 10.0. The molecular weight excluding hydrogens is 446 g/mol. The molecule has 0 amide bonds. The normalized spacial score (nSPS) is 10.9. The molecule has 5 nitrogen and oxygen atoms in total. The van der Waals surface area contributed by atoms with Gasteiger partial charge in [-0.15, -0.1) is 0 Å². The van der Waals surface area contributed by atoms with E-state index in [1.807, 2.05) is 102 Å². The van der Waals surface area contributed by atoms with E-state index in [-0.39, 0.29) is 0 Å². The average Bonchev–Trinajstić information content (AvgIpc) is 3.32. The summed E-state index contributed by atoms with van der Waals surface area (Å²) in [5.41, 5.74) is 6.40. The highest BCUT2D eigenvalue weighted by Crippen LogP contribution is 2.39. The summed E-state index contributed by atoms with van der Waals surface area (Å²) in [4.78, 5) is 5.06. The largest absolute Gasteiger partial charge is 0.497 e. The first-order valence-corrected chi connectivity index (χ1v) is 11.7. The molecule has 0 unspecified atom stereocenters. The number of ether oxygens (including phenoxy) is 2. The summed E-state index contributed by atoms with van der Waals surface area (Å²) in [6.07, 6.45) is 1.99. The zero-order valence-corrected chi connectivity index (χ0v) is 19.7. The predicted molar refractivity (Wildman–Crippen MR) is 142 cm³/mol. The fourth-order valence-electron chi connectivity index (χ4n) is 4.27. The summed E-state index contributed by atoms with van der Waals surface area (Å²) in [5, 5.41) is 5.00. The lowest BCUT2D eigenvalue weighted by Gasteiger charge is -2.12. The predicted octanol–water partition coefficient (Wildman–Crippen LogP) is 7.53. The molecule has 5 heteroatoms. The van der Waals surface area contributed by atoms with Gasteiger partial charge in [-0.3, -0.25) is 0 Å². The van der Waals surface area contributed by atoms with Gasteiger partial charge in [-0.1, -0.05) is 91.0 Å². The van der Waals surface area contributed by atoms with Crippen molar-refractivity contribution in [2.75, 3.05) is 7.11 Å². The van der Waals surface area contributed by atoms with Gasteiger partial charge >= 0.3 is 0 Å². The van der Waals surface area contributed by atoms with Crippen LogP contribution >= 0.6 is 0 Å². The number of methoxy groups -OCH3 is 1. The maximum absolute atomic E-state index is 6.35. The molecule has 0 bridgehead atoms. The van der Waals surface area contributed by atoms with Gasteiger partial charge in [0, 0.05) is 11.8 Å². The van der Waals surface area contributed by atoms with Crippen molar-refractivity contribution >= 4 is 5.65 Å². The van der Waals surface area contributed by atoms with Gasteiger partial charge in [-0.25, -0.2) is 4.52 Å². The number of nitrogens with zero attached hydrogens (tertiary/aromatic N) is 3. The summed E-state index contributed by atoms with van der Waals surface area (Å²) in [5.74, 6) is 2.01.